The van der Waals surface area contributed by atoms with E-state index in [9.17, 15) is 9.59 Å². The molecule has 1 atom stereocenters. The maximum atomic E-state index is 12.1. The molecule has 1 saturated heterocycles. The number of thiophene rings is 1. The predicted molar refractivity (Wildman–Crippen MR) is 104 cm³/mol. The Labute approximate surface area is 158 Å². The van der Waals surface area contributed by atoms with Crippen molar-refractivity contribution in [3.05, 3.63) is 58.3 Å². The number of carbonyl (C=O) groups is 2. The number of likely N-dealkylation sites (tertiary alicyclic amines) is 1. The Balaban J connectivity index is 1.30. The first kappa shape index (κ1) is 18.6. The van der Waals surface area contributed by atoms with Crippen molar-refractivity contribution >= 4 is 23.2 Å². The molecule has 0 spiro atoms. The maximum absolute atomic E-state index is 12.1. The summed E-state index contributed by atoms with van der Waals surface area (Å²) in [5, 5.41) is 9.67. The highest BCUT2D eigenvalue weighted by Gasteiger charge is 2.23. The van der Waals surface area contributed by atoms with Crippen molar-refractivity contribution in [3.63, 3.8) is 0 Å². The molecule has 2 N–H and O–H groups in total. The van der Waals surface area contributed by atoms with Gasteiger partial charge in [0.15, 0.2) is 0 Å². The lowest BCUT2D eigenvalue weighted by molar-refractivity contribution is -0.121. The lowest BCUT2D eigenvalue weighted by atomic mass is 10.2. The van der Waals surface area contributed by atoms with Crippen LogP contribution in [0.1, 0.15) is 35.2 Å². The van der Waals surface area contributed by atoms with Crippen LogP contribution in [0, 0.1) is 0 Å². The Morgan fingerprint density at radius 1 is 1.19 bits per heavy atom. The van der Waals surface area contributed by atoms with Gasteiger partial charge in [-0.25, -0.2) is 0 Å². The Hall–Kier alpha value is -2.18. The molecule has 2 heterocycles. The zero-order chi connectivity index (χ0) is 18.2. The number of benzene rings is 1. The van der Waals surface area contributed by atoms with Crippen molar-refractivity contribution in [2.75, 3.05) is 19.6 Å². The summed E-state index contributed by atoms with van der Waals surface area (Å²) in [7, 11) is 0. The van der Waals surface area contributed by atoms with Gasteiger partial charge in [0.1, 0.15) is 0 Å². The van der Waals surface area contributed by atoms with Gasteiger partial charge in [-0.1, -0.05) is 30.3 Å². The normalized spacial score (nSPS) is 17.2. The summed E-state index contributed by atoms with van der Waals surface area (Å²) < 4.78 is 0. The van der Waals surface area contributed by atoms with Gasteiger partial charge in [-0.2, -0.15) is 11.3 Å². The fraction of sp³-hybridized carbons (Fsp3) is 0.400. The minimum absolute atomic E-state index is 0.0704. The Kier molecular flexibility index (Phi) is 6.80. The monoisotopic (exact) mass is 371 g/mol. The highest BCUT2D eigenvalue weighted by atomic mass is 32.1. The van der Waals surface area contributed by atoms with E-state index in [1.54, 1.807) is 6.07 Å². The number of rotatable bonds is 8. The van der Waals surface area contributed by atoms with E-state index in [0.29, 0.717) is 24.9 Å². The lowest BCUT2D eigenvalue weighted by Gasteiger charge is -2.17. The maximum Gasteiger partial charge on any atom is 0.252 e. The molecule has 1 aromatic carbocycles. The van der Waals surface area contributed by atoms with Gasteiger partial charge >= 0.3 is 0 Å². The second kappa shape index (κ2) is 9.50. The highest BCUT2D eigenvalue weighted by Crippen LogP contribution is 2.13. The van der Waals surface area contributed by atoms with Crippen LogP contribution in [0.25, 0.3) is 0 Å². The summed E-state index contributed by atoms with van der Waals surface area (Å²) in [6.45, 7) is 3.36. The molecule has 0 aliphatic carbocycles. The van der Waals surface area contributed by atoms with Crippen LogP contribution in [0.15, 0.2) is 47.2 Å². The standard InChI is InChI=1S/C20H25N3O2S/c24-19(7-4-10-21-20(25)17-9-12-26-15-17)22-18-8-11-23(14-18)13-16-5-2-1-3-6-16/h1-3,5-6,9,12,15,18H,4,7-8,10-11,13-14H2,(H,21,25)(H,22,24). The number of hydrogen-bond donors (Lipinski definition) is 2. The zero-order valence-electron chi connectivity index (χ0n) is 14.8. The minimum atomic E-state index is -0.0704. The Morgan fingerprint density at radius 2 is 2.04 bits per heavy atom. The van der Waals surface area contributed by atoms with Gasteiger partial charge in [0.25, 0.3) is 5.91 Å². The predicted octanol–water partition coefficient (Wildman–Crippen LogP) is 2.65. The third kappa shape index (κ3) is 5.68. The number of hydrogen-bond acceptors (Lipinski definition) is 4. The lowest BCUT2D eigenvalue weighted by Crippen LogP contribution is -2.37. The van der Waals surface area contributed by atoms with Crippen molar-refractivity contribution in [3.8, 4) is 0 Å². The number of nitrogens with one attached hydrogen (secondary N) is 2. The molecule has 1 fully saturated rings. The molecule has 1 aliphatic rings. The summed E-state index contributed by atoms with van der Waals surface area (Å²) in [5.74, 6) is 0.000322. The second-order valence-corrected chi connectivity index (χ2v) is 7.43. The molecular weight excluding hydrogens is 346 g/mol. The molecule has 26 heavy (non-hydrogen) atoms. The first-order valence-electron chi connectivity index (χ1n) is 9.07. The molecule has 0 radical (unpaired) electrons. The molecule has 5 nitrogen and oxygen atoms in total. The fourth-order valence-electron chi connectivity index (χ4n) is 3.18. The van der Waals surface area contributed by atoms with Gasteiger partial charge < -0.3 is 10.6 Å². The average Bonchev–Trinajstić information content (AvgIpc) is 3.32. The number of carbonyl (C=O) groups excluding carboxylic acids is 2. The van der Waals surface area contributed by atoms with Crippen molar-refractivity contribution in [2.45, 2.75) is 31.8 Å². The van der Waals surface area contributed by atoms with Crippen LogP contribution in [0.2, 0.25) is 0 Å². The smallest absolute Gasteiger partial charge is 0.252 e. The van der Waals surface area contributed by atoms with Crippen LogP contribution >= 0.6 is 11.3 Å². The van der Waals surface area contributed by atoms with Gasteiger partial charge in [0, 0.05) is 49.6 Å². The highest BCUT2D eigenvalue weighted by molar-refractivity contribution is 7.08. The molecule has 2 aromatic rings. The first-order chi connectivity index (χ1) is 12.7. The third-order valence-corrected chi connectivity index (χ3v) is 5.22. The summed E-state index contributed by atoms with van der Waals surface area (Å²) >= 11 is 1.50. The van der Waals surface area contributed by atoms with Crippen LogP contribution in [0.4, 0.5) is 0 Å². The van der Waals surface area contributed by atoms with E-state index in [4.69, 9.17) is 0 Å². The van der Waals surface area contributed by atoms with Crippen molar-refractivity contribution in [1.82, 2.24) is 15.5 Å². The molecule has 0 bridgehead atoms. The van der Waals surface area contributed by atoms with E-state index in [-0.39, 0.29) is 17.9 Å². The minimum Gasteiger partial charge on any atom is -0.352 e. The van der Waals surface area contributed by atoms with E-state index in [2.05, 4.69) is 39.8 Å². The Morgan fingerprint density at radius 3 is 2.81 bits per heavy atom. The van der Waals surface area contributed by atoms with Crippen LogP contribution in [0.3, 0.4) is 0 Å². The molecule has 6 heteroatoms. The zero-order valence-corrected chi connectivity index (χ0v) is 15.6. The van der Waals surface area contributed by atoms with Gasteiger partial charge in [0.05, 0.1) is 0 Å². The first-order valence-corrected chi connectivity index (χ1v) is 10.0. The Bertz CT molecular complexity index is 703. The van der Waals surface area contributed by atoms with Gasteiger partial charge in [0.2, 0.25) is 5.91 Å². The quantitative estimate of drug-likeness (QED) is 0.702. The van der Waals surface area contributed by atoms with Crippen molar-refractivity contribution in [2.24, 2.45) is 0 Å². The topological polar surface area (TPSA) is 61.4 Å². The number of amides is 2. The molecule has 3 rings (SSSR count). The molecule has 0 saturated carbocycles. The van der Waals surface area contributed by atoms with Crippen LogP contribution in [-0.2, 0) is 11.3 Å². The molecule has 2 amide bonds. The summed E-state index contributed by atoms with van der Waals surface area (Å²) in [4.78, 5) is 26.3. The molecular formula is C20H25N3O2S. The summed E-state index contributed by atoms with van der Waals surface area (Å²) in [6.07, 6.45) is 2.09. The van der Waals surface area contributed by atoms with Gasteiger partial charge in [-0.15, -0.1) is 0 Å². The molecule has 1 unspecified atom stereocenters. The van der Waals surface area contributed by atoms with Crippen molar-refractivity contribution in [1.29, 1.82) is 0 Å². The van der Waals surface area contributed by atoms with Crippen LogP contribution in [-0.4, -0.2) is 42.4 Å². The molecule has 1 aromatic heterocycles. The van der Waals surface area contributed by atoms with E-state index < -0.39 is 0 Å². The van der Waals surface area contributed by atoms with E-state index in [1.807, 2.05) is 16.8 Å². The van der Waals surface area contributed by atoms with Gasteiger partial charge in [-0.05, 0) is 29.9 Å². The van der Waals surface area contributed by atoms with Crippen LogP contribution in [0.5, 0.6) is 0 Å². The molecule has 1 aliphatic heterocycles. The average molecular weight is 372 g/mol. The summed E-state index contributed by atoms with van der Waals surface area (Å²) in [5.41, 5.74) is 1.99. The SMILES string of the molecule is O=C(CCCNC(=O)c1ccsc1)NC1CCN(Cc2ccccc2)C1. The van der Waals surface area contributed by atoms with E-state index in [0.717, 1.165) is 26.1 Å². The van der Waals surface area contributed by atoms with E-state index >= 15 is 0 Å². The third-order valence-electron chi connectivity index (χ3n) is 4.54. The second-order valence-electron chi connectivity index (χ2n) is 6.65. The van der Waals surface area contributed by atoms with Gasteiger partial charge in [-0.3, -0.25) is 14.5 Å². The van der Waals surface area contributed by atoms with E-state index in [1.165, 1.54) is 16.9 Å². The number of nitrogens with zero attached hydrogens (tertiary/aromatic N) is 1. The summed E-state index contributed by atoms with van der Waals surface area (Å²) in [6, 6.07) is 12.4. The molecule has 138 valence electrons. The fourth-order valence-corrected chi connectivity index (χ4v) is 3.82. The van der Waals surface area contributed by atoms with Crippen LogP contribution < -0.4 is 10.6 Å². The van der Waals surface area contributed by atoms with Crippen molar-refractivity contribution < 1.29 is 9.59 Å². The largest absolute Gasteiger partial charge is 0.352 e.